The van der Waals surface area contributed by atoms with Gasteiger partial charge in [-0.15, -0.1) is 0 Å². The second kappa shape index (κ2) is 4.89. The lowest BCUT2D eigenvalue weighted by molar-refractivity contribution is -0.114. The van der Waals surface area contributed by atoms with E-state index in [1.807, 2.05) is 6.92 Å². The minimum absolute atomic E-state index is 0.00629. The minimum Gasteiger partial charge on any atom is -0.290 e. The molecule has 1 atom stereocenters. The highest BCUT2D eigenvalue weighted by Crippen LogP contribution is 2.20. The molecule has 76 valence electrons. The average Bonchev–Trinajstić information content (AvgIpc) is 2.18. The largest absolute Gasteiger partial charge is 0.290 e. The van der Waals surface area contributed by atoms with Gasteiger partial charge in [0.05, 0.1) is 0 Å². The number of rotatable bonds is 4. The van der Waals surface area contributed by atoms with Crippen molar-refractivity contribution in [3.8, 4) is 0 Å². The molecule has 0 aliphatic heterocycles. The lowest BCUT2D eigenvalue weighted by atomic mass is 9.89. The van der Waals surface area contributed by atoms with Crippen molar-refractivity contribution in [3.05, 3.63) is 23.8 Å². The molecular weight excluding hydrogens is 176 g/mol. The molecule has 2 heteroatoms. The Bertz CT molecular complexity index is 297. The summed E-state index contributed by atoms with van der Waals surface area (Å²) in [6, 6.07) is 0. The lowest BCUT2D eigenvalue weighted by Gasteiger charge is -2.14. The van der Waals surface area contributed by atoms with Gasteiger partial charge in [0.2, 0.25) is 0 Å². The van der Waals surface area contributed by atoms with E-state index in [2.05, 4.69) is 6.92 Å². The van der Waals surface area contributed by atoms with E-state index < -0.39 is 0 Å². The van der Waals surface area contributed by atoms with Gasteiger partial charge in [-0.2, -0.15) is 0 Å². The highest BCUT2D eigenvalue weighted by molar-refractivity contribution is 6.17. The first-order valence-electron chi connectivity index (χ1n) is 5.13. The second-order valence-electron chi connectivity index (χ2n) is 3.74. The Morgan fingerprint density at radius 1 is 1.29 bits per heavy atom. The fourth-order valence-electron chi connectivity index (χ4n) is 1.58. The molecule has 0 bridgehead atoms. The van der Waals surface area contributed by atoms with Crippen molar-refractivity contribution in [3.63, 3.8) is 0 Å². The van der Waals surface area contributed by atoms with E-state index in [4.69, 9.17) is 0 Å². The number of carbonyl (C=O) groups is 2. The Hall–Kier alpha value is -1.18. The minimum atomic E-state index is -0.0667. The molecule has 1 aliphatic rings. The Labute approximate surface area is 84.7 Å². The maximum atomic E-state index is 11.4. The van der Waals surface area contributed by atoms with Gasteiger partial charge in [0.1, 0.15) is 0 Å². The molecule has 0 amide bonds. The SMILES string of the molecule is CCCCC(C)C1=CC(=O)C=CC1=O. The van der Waals surface area contributed by atoms with Gasteiger partial charge in [-0.1, -0.05) is 26.7 Å². The summed E-state index contributed by atoms with van der Waals surface area (Å²) in [7, 11) is 0. The zero-order valence-electron chi connectivity index (χ0n) is 8.75. The number of carbonyl (C=O) groups excluding carboxylic acids is 2. The first-order chi connectivity index (χ1) is 6.65. The fourth-order valence-corrected chi connectivity index (χ4v) is 1.58. The number of hydrogen-bond acceptors (Lipinski definition) is 2. The van der Waals surface area contributed by atoms with Crippen LogP contribution in [-0.4, -0.2) is 11.6 Å². The zero-order valence-corrected chi connectivity index (χ0v) is 8.75. The van der Waals surface area contributed by atoms with E-state index >= 15 is 0 Å². The van der Waals surface area contributed by atoms with Gasteiger partial charge in [-0.05, 0) is 30.6 Å². The molecule has 0 saturated heterocycles. The molecule has 1 unspecified atom stereocenters. The smallest absolute Gasteiger partial charge is 0.182 e. The summed E-state index contributed by atoms with van der Waals surface area (Å²) < 4.78 is 0. The Balaban J connectivity index is 2.66. The summed E-state index contributed by atoms with van der Waals surface area (Å²) in [5.41, 5.74) is 0.672. The molecule has 0 heterocycles. The van der Waals surface area contributed by atoms with E-state index in [0.29, 0.717) is 5.57 Å². The van der Waals surface area contributed by atoms with Gasteiger partial charge in [-0.25, -0.2) is 0 Å². The van der Waals surface area contributed by atoms with Crippen LogP contribution in [0, 0.1) is 5.92 Å². The van der Waals surface area contributed by atoms with Crippen LogP contribution in [0.5, 0.6) is 0 Å². The maximum absolute atomic E-state index is 11.4. The third-order valence-corrected chi connectivity index (χ3v) is 2.50. The Kier molecular flexibility index (Phi) is 3.81. The average molecular weight is 192 g/mol. The van der Waals surface area contributed by atoms with Crippen molar-refractivity contribution in [2.45, 2.75) is 33.1 Å². The molecule has 14 heavy (non-hydrogen) atoms. The lowest BCUT2D eigenvalue weighted by Crippen LogP contribution is -2.14. The van der Waals surface area contributed by atoms with Crippen molar-refractivity contribution in [2.75, 3.05) is 0 Å². The zero-order chi connectivity index (χ0) is 10.6. The molecule has 0 N–H and O–H groups in total. The number of unbranched alkanes of at least 4 members (excludes halogenated alkanes) is 1. The monoisotopic (exact) mass is 192 g/mol. The Morgan fingerprint density at radius 2 is 2.00 bits per heavy atom. The van der Waals surface area contributed by atoms with Crippen LogP contribution in [0.15, 0.2) is 23.8 Å². The van der Waals surface area contributed by atoms with E-state index in [1.165, 1.54) is 18.2 Å². The molecule has 2 nitrogen and oxygen atoms in total. The van der Waals surface area contributed by atoms with Crippen LogP contribution in [-0.2, 0) is 9.59 Å². The molecule has 0 radical (unpaired) electrons. The van der Waals surface area contributed by atoms with Crippen molar-refractivity contribution >= 4 is 11.6 Å². The van der Waals surface area contributed by atoms with Gasteiger partial charge in [0.15, 0.2) is 11.6 Å². The number of allylic oxidation sites excluding steroid dienone is 4. The molecule has 0 aromatic heterocycles. The fraction of sp³-hybridized carbons (Fsp3) is 0.500. The van der Waals surface area contributed by atoms with Crippen molar-refractivity contribution in [1.82, 2.24) is 0 Å². The quantitative estimate of drug-likeness (QED) is 0.641. The summed E-state index contributed by atoms with van der Waals surface area (Å²) in [5.74, 6) is 0.132. The third-order valence-electron chi connectivity index (χ3n) is 2.50. The second-order valence-corrected chi connectivity index (χ2v) is 3.74. The molecule has 0 aromatic carbocycles. The highest BCUT2D eigenvalue weighted by atomic mass is 16.1. The summed E-state index contributed by atoms with van der Waals surface area (Å²) in [6.07, 6.45) is 7.38. The van der Waals surface area contributed by atoms with Crippen LogP contribution in [0.1, 0.15) is 33.1 Å². The van der Waals surface area contributed by atoms with Gasteiger partial charge < -0.3 is 0 Å². The molecule has 1 aliphatic carbocycles. The van der Waals surface area contributed by atoms with Crippen LogP contribution < -0.4 is 0 Å². The van der Waals surface area contributed by atoms with Gasteiger partial charge in [-0.3, -0.25) is 9.59 Å². The van der Waals surface area contributed by atoms with Gasteiger partial charge in [0.25, 0.3) is 0 Å². The van der Waals surface area contributed by atoms with Crippen LogP contribution in [0.3, 0.4) is 0 Å². The molecule has 0 fully saturated rings. The highest BCUT2D eigenvalue weighted by Gasteiger charge is 2.18. The van der Waals surface area contributed by atoms with Gasteiger partial charge in [0, 0.05) is 5.57 Å². The summed E-state index contributed by atoms with van der Waals surface area (Å²) in [4.78, 5) is 22.5. The molecular formula is C12H16O2. The predicted molar refractivity (Wildman–Crippen MR) is 55.9 cm³/mol. The van der Waals surface area contributed by atoms with Crippen molar-refractivity contribution in [2.24, 2.45) is 5.92 Å². The molecule has 0 saturated carbocycles. The maximum Gasteiger partial charge on any atom is 0.182 e. The topological polar surface area (TPSA) is 34.1 Å². The molecule has 1 rings (SSSR count). The molecule has 0 aromatic rings. The summed E-state index contributed by atoms with van der Waals surface area (Å²) in [5, 5.41) is 0. The van der Waals surface area contributed by atoms with Crippen LogP contribution in [0.25, 0.3) is 0 Å². The van der Waals surface area contributed by atoms with Crippen LogP contribution >= 0.6 is 0 Å². The first-order valence-corrected chi connectivity index (χ1v) is 5.13. The normalized spacial score (nSPS) is 18.3. The van der Waals surface area contributed by atoms with Crippen LogP contribution in [0.4, 0.5) is 0 Å². The van der Waals surface area contributed by atoms with Gasteiger partial charge >= 0.3 is 0 Å². The van der Waals surface area contributed by atoms with E-state index in [0.717, 1.165) is 19.3 Å². The number of ketones is 2. The standard InChI is InChI=1S/C12H16O2/c1-3-4-5-9(2)11-8-10(13)6-7-12(11)14/h6-9H,3-5H2,1-2H3. The Morgan fingerprint density at radius 3 is 2.64 bits per heavy atom. The first kappa shape index (κ1) is 10.9. The third kappa shape index (κ3) is 2.66. The predicted octanol–water partition coefficient (Wildman–Crippen LogP) is 2.45. The van der Waals surface area contributed by atoms with Crippen molar-refractivity contribution < 1.29 is 9.59 Å². The van der Waals surface area contributed by atoms with E-state index in [1.54, 1.807) is 0 Å². The van der Waals surface area contributed by atoms with Crippen LogP contribution in [0.2, 0.25) is 0 Å². The summed E-state index contributed by atoms with van der Waals surface area (Å²) in [6.45, 7) is 4.13. The van der Waals surface area contributed by atoms with E-state index in [9.17, 15) is 9.59 Å². The summed E-state index contributed by atoms with van der Waals surface area (Å²) >= 11 is 0. The van der Waals surface area contributed by atoms with Crippen molar-refractivity contribution in [1.29, 1.82) is 0 Å². The molecule has 0 spiro atoms. The van der Waals surface area contributed by atoms with E-state index in [-0.39, 0.29) is 17.5 Å². The number of hydrogen-bond donors (Lipinski definition) is 0.